The maximum atomic E-state index is 11.9. The van der Waals surface area contributed by atoms with E-state index >= 15 is 0 Å². The molecule has 1 unspecified atom stereocenters. The van der Waals surface area contributed by atoms with Gasteiger partial charge in [-0.2, -0.15) is 0 Å². The summed E-state index contributed by atoms with van der Waals surface area (Å²) in [7, 11) is 0. The number of nitrogens with one attached hydrogen (secondary N) is 2. The first-order valence-corrected chi connectivity index (χ1v) is 6.51. The van der Waals surface area contributed by atoms with Crippen LogP contribution in [0.5, 0.6) is 0 Å². The van der Waals surface area contributed by atoms with Crippen molar-refractivity contribution >= 4 is 11.7 Å². The van der Waals surface area contributed by atoms with Crippen LogP contribution in [0, 0.1) is 0 Å². The molecule has 2 rings (SSSR count). The molecule has 1 aromatic heterocycles. The maximum Gasteiger partial charge on any atom is 0.271 e. The highest BCUT2D eigenvalue weighted by Gasteiger charge is 2.18. The molecule has 2 heterocycles. The molecule has 0 bridgehead atoms. The summed E-state index contributed by atoms with van der Waals surface area (Å²) in [4.78, 5) is 22.2. The van der Waals surface area contributed by atoms with Crippen molar-refractivity contribution in [1.29, 1.82) is 0 Å². The topological polar surface area (TPSA) is 96.2 Å². The van der Waals surface area contributed by atoms with E-state index in [1.165, 1.54) is 25.2 Å². The van der Waals surface area contributed by atoms with E-state index in [2.05, 4.69) is 32.5 Å². The smallest absolute Gasteiger partial charge is 0.271 e. The summed E-state index contributed by atoms with van der Waals surface area (Å²) in [6.07, 6.45) is 5.33. The number of carbonyl (C=O) groups excluding carboxylic acids is 1. The van der Waals surface area contributed by atoms with Gasteiger partial charge in [0.15, 0.2) is 5.82 Å². The van der Waals surface area contributed by atoms with Crippen molar-refractivity contribution in [3.8, 4) is 0 Å². The first kappa shape index (κ1) is 13.7. The van der Waals surface area contributed by atoms with E-state index in [0.717, 1.165) is 13.1 Å². The molecule has 0 radical (unpaired) electrons. The number of nitrogens with zero attached hydrogens (tertiary/aromatic N) is 3. The minimum atomic E-state index is -0.206. The van der Waals surface area contributed by atoms with Gasteiger partial charge >= 0.3 is 0 Å². The molecule has 1 amide bonds. The molecule has 7 heteroatoms. The third-order valence-corrected chi connectivity index (χ3v) is 3.35. The predicted octanol–water partition coefficient (Wildman–Crippen LogP) is -0.0237. The quantitative estimate of drug-likeness (QED) is 0.511. The summed E-state index contributed by atoms with van der Waals surface area (Å²) < 4.78 is 0. The van der Waals surface area contributed by atoms with Crippen molar-refractivity contribution < 1.29 is 4.79 Å². The summed E-state index contributed by atoms with van der Waals surface area (Å²) in [5, 5.41) is 2.88. The van der Waals surface area contributed by atoms with E-state index in [-0.39, 0.29) is 5.91 Å². The minimum absolute atomic E-state index is 0.206. The number of likely N-dealkylation sites (tertiary alicyclic amines) is 1. The van der Waals surface area contributed by atoms with Crippen LogP contribution in [0.4, 0.5) is 5.82 Å². The Balaban J connectivity index is 1.82. The minimum Gasteiger partial charge on any atom is -0.349 e. The van der Waals surface area contributed by atoms with Crippen LogP contribution in [-0.4, -0.2) is 46.5 Å². The fraction of sp³-hybridized carbons (Fsp3) is 0.583. The fourth-order valence-electron chi connectivity index (χ4n) is 2.16. The average molecular weight is 264 g/mol. The molecule has 1 atom stereocenters. The second-order valence-electron chi connectivity index (χ2n) is 4.73. The Labute approximate surface area is 112 Å². The summed E-state index contributed by atoms with van der Waals surface area (Å²) in [6, 6.07) is 0.351. The molecule has 1 fully saturated rings. The second kappa shape index (κ2) is 6.44. The standard InChI is InChI=1S/C12H20N6O/c1-9(18-4-2-3-5-18)6-16-12(19)10-7-15-11(17-13)8-14-10/h7-9H,2-6,13H2,1H3,(H,15,17)(H,16,19). The predicted molar refractivity (Wildman–Crippen MR) is 72.4 cm³/mol. The summed E-state index contributed by atoms with van der Waals surface area (Å²) >= 11 is 0. The average Bonchev–Trinajstić information content (AvgIpc) is 2.98. The van der Waals surface area contributed by atoms with E-state index in [4.69, 9.17) is 5.84 Å². The molecule has 1 saturated heterocycles. The maximum absolute atomic E-state index is 11.9. The van der Waals surface area contributed by atoms with Crippen LogP contribution in [0.2, 0.25) is 0 Å². The lowest BCUT2D eigenvalue weighted by molar-refractivity contribution is 0.0935. The van der Waals surface area contributed by atoms with Crippen LogP contribution < -0.4 is 16.6 Å². The molecule has 1 aromatic rings. The molecule has 0 spiro atoms. The van der Waals surface area contributed by atoms with Gasteiger partial charge in [0, 0.05) is 12.6 Å². The van der Waals surface area contributed by atoms with Crippen molar-refractivity contribution in [3.05, 3.63) is 18.1 Å². The van der Waals surface area contributed by atoms with Crippen molar-refractivity contribution in [2.75, 3.05) is 25.1 Å². The Morgan fingerprint density at radius 1 is 1.42 bits per heavy atom. The number of amides is 1. The monoisotopic (exact) mass is 264 g/mol. The Morgan fingerprint density at radius 3 is 2.74 bits per heavy atom. The van der Waals surface area contributed by atoms with Gasteiger partial charge in [-0.05, 0) is 32.9 Å². The van der Waals surface area contributed by atoms with Crippen molar-refractivity contribution in [2.24, 2.45) is 5.84 Å². The van der Waals surface area contributed by atoms with Gasteiger partial charge < -0.3 is 10.7 Å². The Bertz CT molecular complexity index is 415. The van der Waals surface area contributed by atoms with Crippen molar-refractivity contribution in [2.45, 2.75) is 25.8 Å². The first-order chi connectivity index (χ1) is 9.20. The summed E-state index contributed by atoms with van der Waals surface area (Å²) in [5.41, 5.74) is 2.67. The number of anilines is 1. The van der Waals surface area contributed by atoms with Crippen molar-refractivity contribution in [3.63, 3.8) is 0 Å². The molecule has 0 saturated carbocycles. The number of aromatic nitrogens is 2. The van der Waals surface area contributed by atoms with Gasteiger partial charge in [0.05, 0.1) is 12.4 Å². The van der Waals surface area contributed by atoms with Gasteiger partial charge in [-0.25, -0.2) is 15.8 Å². The second-order valence-corrected chi connectivity index (χ2v) is 4.73. The van der Waals surface area contributed by atoms with E-state index in [1.54, 1.807) is 0 Å². The van der Waals surface area contributed by atoms with E-state index in [0.29, 0.717) is 24.1 Å². The lowest BCUT2D eigenvalue weighted by Gasteiger charge is -2.23. The molecule has 4 N–H and O–H groups in total. The molecule has 0 aromatic carbocycles. The SMILES string of the molecule is CC(CNC(=O)c1cnc(NN)cn1)N1CCCC1. The Morgan fingerprint density at radius 2 is 2.16 bits per heavy atom. The zero-order valence-corrected chi connectivity index (χ0v) is 11.1. The van der Waals surface area contributed by atoms with Crippen LogP contribution in [0.1, 0.15) is 30.3 Å². The third-order valence-electron chi connectivity index (χ3n) is 3.35. The highest BCUT2D eigenvalue weighted by Crippen LogP contribution is 2.10. The normalized spacial score (nSPS) is 17.2. The van der Waals surface area contributed by atoms with Crippen LogP contribution in [-0.2, 0) is 0 Å². The third kappa shape index (κ3) is 3.62. The largest absolute Gasteiger partial charge is 0.349 e. The van der Waals surface area contributed by atoms with Crippen LogP contribution in [0.3, 0.4) is 0 Å². The molecule has 7 nitrogen and oxygen atoms in total. The highest BCUT2D eigenvalue weighted by molar-refractivity contribution is 5.92. The Kier molecular flexibility index (Phi) is 4.64. The van der Waals surface area contributed by atoms with E-state index in [1.807, 2.05) is 0 Å². The van der Waals surface area contributed by atoms with Gasteiger partial charge in [0.25, 0.3) is 5.91 Å². The molecule has 1 aliphatic heterocycles. The van der Waals surface area contributed by atoms with Gasteiger partial charge in [-0.1, -0.05) is 0 Å². The van der Waals surface area contributed by atoms with E-state index in [9.17, 15) is 4.79 Å². The fourth-order valence-corrected chi connectivity index (χ4v) is 2.16. The number of hydrogen-bond donors (Lipinski definition) is 3. The first-order valence-electron chi connectivity index (χ1n) is 6.51. The highest BCUT2D eigenvalue weighted by atomic mass is 16.1. The van der Waals surface area contributed by atoms with Crippen LogP contribution >= 0.6 is 0 Å². The lowest BCUT2D eigenvalue weighted by Crippen LogP contribution is -2.40. The van der Waals surface area contributed by atoms with E-state index < -0.39 is 0 Å². The van der Waals surface area contributed by atoms with Crippen molar-refractivity contribution in [1.82, 2.24) is 20.2 Å². The molecular formula is C12H20N6O. The summed E-state index contributed by atoms with van der Waals surface area (Å²) in [5.74, 6) is 5.41. The van der Waals surface area contributed by atoms with Gasteiger partial charge in [0.1, 0.15) is 5.69 Å². The van der Waals surface area contributed by atoms with Crippen LogP contribution in [0.15, 0.2) is 12.4 Å². The number of nitrogens with two attached hydrogens (primary N) is 1. The number of carbonyl (C=O) groups is 1. The molecule has 0 aliphatic carbocycles. The molecule has 19 heavy (non-hydrogen) atoms. The zero-order valence-electron chi connectivity index (χ0n) is 11.1. The summed E-state index contributed by atoms with van der Waals surface area (Å²) in [6.45, 7) is 4.98. The number of hydrogen-bond acceptors (Lipinski definition) is 6. The molecule has 104 valence electrons. The Hall–Kier alpha value is -1.73. The lowest BCUT2D eigenvalue weighted by atomic mass is 10.3. The number of hydrazine groups is 1. The van der Waals surface area contributed by atoms with Gasteiger partial charge in [0.2, 0.25) is 0 Å². The van der Waals surface area contributed by atoms with Gasteiger partial charge in [-0.3, -0.25) is 9.69 Å². The zero-order chi connectivity index (χ0) is 13.7. The molecule has 1 aliphatic rings. The number of nitrogen functional groups attached to an aromatic ring is 1. The number of rotatable bonds is 5. The molecular weight excluding hydrogens is 244 g/mol. The van der Waals surface area contributed by atoms with Gasteiger partial charge in [-0.15, -0.1) is 0 Å². The van der Waals surface area contributed by atoms with Crippen LogP contribution in [0.25, 0.3) is 0 Å².